The van der Waals surface area contributed by atoms with E-state index >= 15 is 0 Å². The third-order valence-electron chi connectivity index (χ3n) is 3.89. The highest BCUT2D eigenvalue weighted by Crippen LogP contribution is 2.23. The van der Waals surface area contributed by atoms with Crippen LogP contribution < -0.4 is 9.62 Å². The first-order valence-electron chi connectivity index (χ1n) is 7.68. The molecule has 26 heavy (non-hydrogen) atoms. The summed E-state index contributed by atoms with van der Waals surface area (Å²) >= 11 is 0. The van der Waals surface area contributed by atoms with E-state index in [0.717, 1.165) is 27.8 Å². The largest absolute Gasteiger partial charge is 0.324 e. The summed E-state index contributed by atoms with van der Waals surface area (Å²) in [6.45, 7) is 3.25. The van der Waals surface area contributed by atoms with Crippen LogP contribution in [0.3, 0.4) is 0 Å². The van der Waals surface area contributed by atoms with Crippen LogP contribution in [0.15, 0.2) is 42.5 Å². The molecule has 1 N–H and O–H groups in total. The second-order valence-corrected chi connectivity index (χ2v) is 7.75. The predicted octanol–water partition coefficient (Wildman–Crippen LogP) is 2.62. The second kappa shape index (κ2) is 7.52. The van der Waals surface area contributed by atoms with Gasteiger partial charge in [0.05, 0.1) is 16.9 Å². The molecule has 0 aliphatic carbocycles. The summed E-state index contributed by atoms with van der Waals surface area (Å²) in [4.78, 5) is 22.7. The van der Waals surface area contributed by atoms with Crippen LogP contribution in [0.4, 0.5) is 17.1 Å². The van der Waals surface area contributed by atoms with Gasteiger partial charge in [0.25, 0.3) is 5.69 Å². The molecule has 0 aliphatic rings. The minimum Gasteiger partial charge on any atom is -0.324 e. The zero-order valence-corrected chi connectivity index (χ0v) is 15.4. The van der Waals surface area contributed by atoms with Gasteiger partial charge in [-0.15, -0.1) is 0 Å². The number of nitrogens with zero attached hydrogens (tertiary/aromatic N) is 2. The minimum absolute atomic E-state index is 0.0535. The van der Waals surface area contributed by atoms with Crippen molar-refractivity contribution in [3.05, 3.63) is 63.7 Å². The molecule has 0 atom stereocenters. The molecule has 0 radical (unpaired) electrons. The summed E-state index contributed by atoms with van der Waals surface area (Å²) in [6.07, 6.45) is 0.941. The summed E-state index contributed by atoms with van der Waals surface area (Å²) < 4.78 is 25.0. The fourth-order valence-electron chi connectivity index (χ4n) is 2.37. The molecule has 9 heteroatoms. The molecule has 0 spiro atoms. The molecule has 0 aliphatic heterocycles. The van der Waals surface area contributed by atoms with Gasteiger partial charge in [-0.25, -0.2) is 8.42 Å². The number of amides is 1. The number of non-ortho nitro benzene ring substituents is 1. The van der Waals surface area contributed by atoms with E-state index in [1.54, 1.807) is 12.1 Å². The number of hydrogen-bond donors (Lipinski definition) is 1. The molecule has 0 saturated carbocycles. The van der Waals surface area contributed by atoms with Crippen molar-refractivity contribution >= 4 is 33.0 Å². The van der Waals surface area contributed by atoms with Gasteiger partial charge < -0.3 is 5.32 Å². The van der Waals surface area contributed by atoms with Crippen LogP contribution in [-0.2, 0) is 14.8 Å². The summed E-state index contributed by atoms with van der Waals surface area (Å²) in [7, 11) is -3.82. The monoisotopic (exact) mass is 377 g/mol. The second-order valence-electron chi connectivity index (χ2n) is 5.84. The van der Waals surface area contributed by atoms with E-state index in [1.165, 1.54) is 18.2 Å². The SMILES string of the molecule is Cc1cccc(NC(=O)CN(c2cccc([N+](=O)[O-])c2)S(C)(=O)=O)c1C. The van der Waals surface area contributed by atoms with Crippen LogP contribution >= 0.6 is 0 Å². The molecule has 0 heterocycles. The maximum Gasteiger partial charge on any atom is 0.271 e. The van der Waals surface area contributed by atoms with Gasteiger partial charge in [0.15, 0.2) is 0 Å². The number of anilines is 2. The first kappa shape index (κ1) is 19.4. The Morgan fingerprint density at radius 2 is 1.85 bits per heavy atom. The van der Waals surface area contributed by atoms with Gasteiger partial charge in [-0.2, -0.15) is 0 Å². The van der Waals surface area contributed by atoms with Gasteiger partial charge in [-0.05, 0) is 37.1 Å². The Hall–Kier alpha value is -2.94. The van der Waals surface area contributed by atoms with Crippen LogP contribution in [0.2, 0.25) is 0 Å². The maximum absolute atomic E-state index is 12.4. The molecule has 2 aromatic carbocycles. The lowest BCUT2D eigenvalue weighted by molar-refractivity contribution is -0.384. The fraction of sp³-hybridized carbons (Fsp3) is 0.235. The van der Waals surface area contributed by atoms with Gasteiger partial charge in [-0.3, -0.25) is 19.2 Å². The highest BCUT2D eigenvalue weighted by atomic mass is 32.2. The van der Waals surface area contributed by atoms with Crippen molar-refractivity contribution in [2.24, 2.45) is 0 Å². The Morgan fingerprint density at radius 3 is 2.46 bits per heavy atom. The Labute approximate surface area is 151 Å². The van der Waals surface area contributed by atoms with Crippen molar-refractivity contribution in [1.29, 1.82) is 0 Å². The number of nitro groups is 1. The predicted molar refractivity (Wildman–Crippen MR) is 99.8 cm³/mol. The number of sulfonamides is 1. The van der Waals surface area contributed by atoms with Crippen LogP contribution in [0.1, 0.15) is 11.1 Å². The lowest BCUT2D eigenvalue weighted by atomic mass is 10.1. The van der Waals surface area contributed by atoms with Crippen molar-refractivity contribution < 1.29 is 18.1 Å². The molecule has 138 valence electrons. The third-order valence-corrected chi connectivity index (χ3v) is 5.04. The number of rotatable bonds is 6. The Bertz CT molecular complexity index is 957. The quantitative estimate of drug-likeness (QED) is 0.615. The van der Waals surface area contributed by atoms with Gasteiger partial charge >= 0.3 is 0 Å². The van der Waals surface area contributed by atoms with Gasteiger partial charge in [0.1, 0.15) is 6.54 Å². The Balaban J connectivity index is 2.29. The van der Waals surface area contributed by atoms with Crippen molar-refractivity contribution in [1.82, 2.24) is 0 Å². The van der Waals surface area contributed by atoms with Crippen molar-refractivity contribution in [3.8, 4) is 0 Å². The normalized spacial score (nSPS) is 11.0. The van der Waals surface area contributed by atoms with Gasteiger partial charge in [0.2, 0.25) is 15.9 Å². The Morgan fingerprint density at radius 1 is 1.19 bits per heavy atom. The lowest BCUT2D eigenvalue weighted by Crippen LogP contribution is -2.37. The third kappa shape index (κ3) is 4.57. The van der Waals surface area contributed by atoms with Crippen molar-refractivity contribution in [2.45, 2.75) is 13.8 Å². The summed E-state index contributed by atoms with van der Waals surface area (Å²) in [5, 5.41) is 13.6. The van der Waals surface area contributed by atoms with E-state index in [1.807, 2.05) is 19.9 Å². The fourth-order valence-corrected chi connectivity index (χ4v) is 3.22. The van der Waals surface area contributed by atoms with E-state index in [-0.39, 0.29) is 11.4 Å². The molecule has 0 bridgehead atoms. The van der Waals surface area contributed by atoms with Crippen LogP contribution in [0, 0.1) is 24.0 Å². The molecule has 1 amide bonds. The number of carbonyl (C=O) groups excluding carboxylic acids is 1. The topological polar surface area (TPSA) is 110 Å². The first-order chi connectivity index (χ1) is 12.1. The van der Waals surface area contributed by atoms with E-state index in [4.69, 9.17) is 0 Å². The molecule has 0 aromatic heterocycles. The zero-order chi connectivity index (χ0) is 19.5. The number of aryl methyl sites for hydroxylation is 1. The number of nitro benzene ring substituents is 1. The number of hydrogen-bond acceptors (Lipinski definition) is 5. The molecular weight excluding hydrogens is 358 g/mol. The molecule has 8 nitrogen and oxygen atoms in total. The first-order valence-corrected chi connectivity index (χ1v) is 9.52. The maximum atomic E-state index is 12.4. The summed E-state index contributed by atoms with van der Waals surface area (Å²) in [6, 6.07) is 10.5. The average molecular weight is 377 g/mol. The number of benzene rings is 2. The van der Waals surface area contributed by atoms with Crippen molar-refractivity contribution in [2.75, 3.05) is 22.4 Å². The standard InChI is InChI=1S/C17H19N3O5S/c1-12-6-4-9-16(13(12)2)18-17(21)11-19(26(3,24)25)14-7-5-8-15(10-14)20(22)23/h4-10H,11H2,1-3H3,(H,18,21). The highest BCUT2D eigenvalue weighted by Gasteiger charge is 2.23. The van der Waals surface area contributed by atoms with Gasteiger partial charge in [0, 0.05) is 17.8 Å². The molecule has 0 saturated heterocycles. The van der Waals surface area contributed by atoms with Gasteiger partial charge in [-0.1, -0.05) is 18.2 Å². The number of nitrogens with one attached hydrogen (secondary N) is 1. The lowest BCUT2D eigenvalue weighted by Gasteiger charge is -2.22. The van der Waals surface area contributed by atoms with E-state index < -0.39 is 27.4 Å². The highest BCUT2D eigenvalue weighted by molar-refractivity contribution is 7.92. The molecular formula is C17H19N3O5S. The van der Waals surface area contributed by atoms with E-state index in [0.29, 0.717) is 5.69 Å². The van der Waals surface area contributed by atoms with Crippen molar-refractivity contribution in [3.63, 3.8) is 0 Å². The smallest absolute Gasteiger partial charge is 0.271 e. The Kier molecular flexibility index (Phi) is 5.61. The van der Waals surface area contributed by atoms with E-state index in [2.05, 4.69) is 5.32 Å². The number of carbonyl (C=O) groups is 1. The molecule has 2 aromatic rings. The summed E-state index contributed by atoms with van der Waals surface area (Å²) in [5.41, 5.74) is 2.25. The van der Waals surface area contributed by atoms with Crippen LogP contribution in [0.5, 0.6) is 0 Å². The molecule has 2 rings (SSSR count). The molecule has 0 unspecified atom stereocenters. The molecule has 0 fully saturated rings. The average Bonchev–Trinajstić information content (AvgIpc) is 2.56. The van der Waals surface area contributed by atoms with Crippen LogP contribution in [0.25, 0.3) is 0 Å². The van der Waals surface area contributed by atoms with Crippen LogP contribution in [-0.4, -0.2) is 32.0 Å². The minimum atomic E-state index is -3.82. The zero-order valence-electron chi connectivity index (χ0n) is 14.6. The van der Waals surface area contributed by atoms with E-state index in [9.17, 15) is 23.3 Å². The summed E-state index contributed by atoms with van der Waals surface area (Å²) in [5.74, 6) is -0.546.